The summed E-state index contributed by atoms with van der Waals surface area (Å²) in [5.74, 6) is -1.68. The Hall–Kier alpha value is -2.76. The number of esters is 1. The number of hydrogen-bond donors (Lipinski definition) is 0. The SMILES string of the molecule is CCOC(=O)c1cc2ccn(Cc3ccc(F)cc3F)c2cn1. The Kier molecular flexibility index (Phi) is 4.06. The molecule has 4 nitrogen and oxygen atoms in total. The molecular weight excluding hydrogens is 302 g/mol. The minimum atomic E-state index is -0.607. The van der Waals surface area contributed by atoms with Gasteiger partial charge < -0.3 is 9.30 Å². The number of aromatic nitrogens is 2. The largest absolute Gasteiger partial charge is 0.461 e. The molecule has 0 unspecified atom stereocenters. The summed E-state index contributed by atoms with van der Waals surface area (Å²) in [5.41, 5.74) is 1.35. The Labute approximate surface area is 131 Å². The molecule has 0 fully saturated rings. The summed E-state index contributed by atoms with van der Waals surface area (Å²) < 4.78 is 33.4. The molecule has 0 spiro atoms. The maximum atomic E-state index is 13.8. The van der Waals surface area contributed by atoms with Crippen LogP contribution in [0.4, 0.5) is 8.78 Å². The average molecular weight is 316 g/mol. The lowest BCUT2D eigenvalue weighted by Gasteiger charge is -2.07. The Bertz CT molecular complexity index is 874. The van der Waals surface area contributed by atoms with Gasteiger partial charge in [-0.3, -0.25) is 0 Å². The van der Waals surface area contributed by atoms with Crippen LogP contribution in [-0.2, 0) is 11.3 Å². The van der Waals surface area contributed by atoms with E-state index in [-0.39, 0.29) is 18.8 Å². The van der Waals surface area contributed by atoms with Gasteiger partial charge in [0.1, 0.15) is 17.3 Å². The first-order chi connectivity index (χ1) is 11.1. The highest BCUT2D eigenvalue weighted by molar-refractivity contribution is 5.92. The highest BCUT2D eigenvalue weighted by Gasteiger charge is 2.12. The predicted octanol–water partition coefficient (Wildman–Crippen LogP) is 3.54. The number of hydrogen-bond acceptors (Lipinski definition) is 3. The molecule has 0 aliphatic heterocycles. The van der Waals surface area contributed by atoms with Crippen molar-refractivity contribution < 1.29 is 18.3 Å². The zero-order valence-electron chi connectivity index (χ0n) is 12.4. The molecular formula is C17H14F2N2O2. The molecule has 0 bridgehead atoms. The summed E-state index contributed by atoms with van der Waals surface area (Å²) in [6.07, 6.45) is 3.31. The lowest BCUT2D eigenvalue weighted by molar-refractivity contribution is 0.0519. The summed E-state index contributed by atoms with van der Waals surface area (Å²) in [5, 5.41) is 0.797. The van der Waals surface area contributed by atoms with Crippen LogP contribution in [0.25, 0.3) is 10.9 Å². The molecule has 118 valence electrons. The lowest BCUT2D eigenvalue weighted by Crippen LogP contribution is -2.07. The van der Waals surface area contributed by atoms with Crippen LogP contribution in [0.3, 0.4) is 0 Å². The smallest absolute Gasteiger partial charge is 0.356 e. The molecule has 2 aromatic heterocycles. The maximum absolute atomic E-state index is 13.8. The number of pyridine rings is 1. The van der Waals surface area contributed by atoms with E-state index in [1.54, 1.807) is 36.0 Å². The maximum Gasteiger partial charge on any atom is 0.356 e. The first-order valence-electron chi connectivity index (χ1n) is 7.14. The third-order valence-electron chi connectivity index (χ3n) is 3.50. The molecule has 23 heavy (non-hydrogen) atoms. The molecule has 0 saturated carbocycles. The van der Waals surface area contributed by atoms with Crippen molar-refractivity contribution in [3.63, 3.8) is 0 Å². The Morgan fingerprint density at radius 2 is 2.09 bits per heavy atom. The van der Waals surface area contributed by atoms with E-state index in [9.17, 15) is 13.6 Å². The first-order valence-corrected chi connectivity index (χ1v) is 7.14. The fourth-order valence-electron chi connectivity index (χ4n) is 2.38. The minimum absolute atomic E-state index is 0.227. The van der Waals surface area contributed by atoms with E-state index in [0.717, 1.165) is 17.0 Å². The van der Waals surface area contributed by atoms with Crippen LogP contribution in [0.15, 0.2) is 42.7 Å². The fraction of sp³-hybridized carbons (Fsp3) is 0.176. The number of halogens is 2. The quantitative estimate of drug-likeness (QED) is 0.692. The third-order valence-corrected chi connectivity index (χ3v) is 3.50. The van der Waals surface area contributed by atoms with Gasteiger partial charge in [0.15, 0.2) is 0 Å². The van der Waals surface area contributed by atoms with Gasteiger partial charge in [-0.25, -0.2) is 18.6 Å². The van der Waals surface area contributed by atoms with Gasteiger partial charge in [0.2, 0.25) is 0 Å². The third kappa shape index (κ3) is 3.06. The van der Waals surface area contributed by atoms with E-state index in [4.69, 9.17) is 4.74 Å². The molecule has 2 heterocycles. The standard InChI is InChI=1S/C17H14F2N2O2/c1-2-23-17(22)15-7-11-5-6-21(16(11)9-20-15)10-12-3-4-13(18)8-14(12)19/h3-9H,2,10H2,1H3. The highest BCUT2D eigenvalue weighted by atomic mass is 19.1. The van der Waals surface area contributed by atoms with Gasteiger partial charge in [-0.05, 0) is 25.1 Å². The number of fused-ring (bicyclic) bond motifs is 1. The van der Waals surface area contributed by atoms with Gasteiger partial charge in [0.25, 0.3) is 0 Å². The molecule has 3 aromatic rings. The second kappa shape index (κ2) is 6.16. The summed E-state index contributed by atoms with van der Waals surface area (Å²) in [4.78, 5) is 15.8. The van der Waals surface area contributed by atoms with Crippen LogP contribution in [0, 0.1) is 11.6 Å². The molecule has 0 aliphatic rings. The van der Waals surface area contributed by atoms with E-state index in [2.05, 4.69) is 4.98 Å². The molecule has 6 heteroatoms. The van der Waals surface area contributed by atoms with Crippen molar-refractivity contribution in [1.29, 1.82) is 0 Å². The van der Waals surface area contributed by atoms with Crippen LogP contribution in [0.2, 0.25) is 0 Å². The van der Waals surface area contributed by atoms with Crippen LogP contribution in [0.1, 0.15) is 23.0 Å². The number of nitrogens with zero attached hydrogens (tertiary/aromatic N) is 2. The van der Waals surface area contributed by atoms with Gasteiger partial charge in [-0.1, -0.05) is 6.07 Å². The van der Waals surface area contributed by atoms with Crippen molar-refractivity contribution in [2.45, 2.75) is 13.5 Å². The van der Waals surface area contributed by atoms with Gasteiger partial charge >= 0.3 is 5.97 Å². The highest BCUT2D eigenvalue weighted by Crippen LogP contribution is 2.19. The van der Waals surface area contributed by atoms with Gasteiger partial charge in [0.05, 0.1) is 24.9 Å². The van der Waals surface area contributed by atoms with Crippen molar-refractivity contribution in [2.75, 3.05) is 6.61 Å². The number of benzene rings is 1. The van der Waals surface area contributed by atoms with E-state index < -0.39 is 17.6 Å². The molecule has 0 amide bonds. The predicted molar refractivity (Wildman–Crippen MR) is 81.1 cm³/mol. The average Bonchev–Trinajstić information content (AvgIpc) is 2.92. The number of ether oxygens (including phenoxy) is 1. The molecule has 0 N–H and O–H groups in total. The minimum Gasteiger partial charge on any atom is -0.461 e. The van der Waals surface area contributed by atoms with Crippen LogP contribution in [-0.4, -0.2) is 22.1 Å². The number of carbonyl (C=O) groups excluding carboxylic acids is 1. The van der Waals surface area contributed by atoms with E-state index in [1.807, 2.05) is 0 Å². The van der Waals surface area contributed by atoms with Crippen molar-refractivity contribution in [1.82, 2.24) is 9.55 Å². The molecule has 1 aromatic carbocycles. The zero-order valence-corrected chi connectivity index (χ0v) is 12.4. The monoisotopic (exact) mass is 316 g/mol. The molecule has 0 radical (unpaired) electrons. The molecule has 0 aliphatic carbocycles. The molecule has 0 saturated heterocycles. The zero-order chi connectivity index (χ0) is 16.4. The van der Waals surface area contributed by atoms with Crippen molar-refractivity contribution in [2.24, 2.45) is 0 Å². The normalized spacial score (nSPS) is 10.9. The van der Waals surface area contributed by atoms with Gasteiger partial charge in [-0.15, -0.1) is 0 Å². The summed E-state index contributed by atoms with van der Waals surface area (Å²) >= 11 is 0. The molecule has 3 rings (SSSR count). The summed E-state index contributed by atoms with van der Waals surface area (Å²) in [7, 11) is 0. The van der Waals surface area contributed by atoms with Gasteiger partial charge in [-0.2, -0.15) is 0 Å². The first kappa shape index (κ1) is 15.1. The number of carbonyl (C=O) groups is 1. The lowest BCUT2D eigenvalue weighted by atomic mass is 10.2. The second-order valence-electron chi connectivity index (χ2n) is 5.03. The Balaban J connectivity index is 1.92. The van der Waals surface area contributed by atoms with Crippen molar-refractivity contribution in [3.8, 4) is 0 Å². The Morgan fingerprint density at radius 3 is 2.83 bits per heavy atom. The van der Waals surface area contributed by atoms with Crippen LogP contribution >= 0.6 is 0 Å². The van der Waals surface area contributed by atoms with Crippen molar-refractivity contribution >= 4 is 16.9 Å². The summed E-state index contributed by atoms with van der Waals surface area (Å²) in [6, 6.07) is 6.93. The summed E-state index contributed by atoms with van der Waals surface area (Å²) in [6.45, 7) is 2.25. The van der Waals surface area contributed by atoms with Crippen LogP contribution in [0.5, 0.6) is 0 Å². The molecule has 0 atom stereocenters. The number of rotatable bonds is 4. The van der Waals surface area contributed by atoms with Gasteiger partial charge in [0, 0.05) is 23.2 Å². The second-order valence-corrected chi connectivity index (χ2v) is 5.03. The van der Waals surface area contributed by atoms with E-state index >= 15 is 0 Å². The van der Waals surface area contributed by atoms with Crippen molar-refractivity contribution in [3.05, 3.63) is 65.6 Å². The topological polar surface area (TPSA) is 44.1 Å². The van der Waals surface area contributed by atoms with Crippen LogP contribution < -0.4 is 0 Å². The van der Waals surface area contributed by atoms with E-state index in [0.29, 0.717) is 5.56 Å². The van der Waals surface area contributed by atoms with E-state index in [1.165, 1.54) is 12.1 Å². The Morgan fingerprint density at radius 1 is 1.26 bits per heavy atom. The fourth-order valence-corrected chi connectivity index (χ4v) is 2.38.